The van der Waals surface area contributed by atoms with Crippen molar-refractivity contribution in [3.8, 4) is 11.5 Å². The first-order valence-electron chi connectivity index (χ1n) is 6.87. The number of nitrogens with one attached hydrogen (secondary N) is 1. The maximum atomic E-state index is 11.6. The Morgan fingerprint density at radius 2 is 1.58 bits per heavy atom. The Kier molecular flexibility index (Phi) is 7.28. The summed E-state index contributed by atoms with van der Waals surface area (Å²) in [4.78, 5) is 23.2. The molecule has 0 atom stereocenters. The number of hydrogen-bond donors (Lipinski definition) is 1. The Labute approximate surface area is 140 Å². The van der Waals surface area contributed by atoms with Crippen molar-refractivity contribution in [2.75, 3.05) is 33.9 Å². The molecule has 0 amide bonds. The molecule has 8 heteroatoms. The van der Waals surface area contributed by atoms with Gasteiger partial charge < -0.3 is 18.9 Å². The van der Waals surface area contributed by atoms with E-state index in [2.05, 4.69) is 20.0 Å². The van der Waals surface area contributed by atoms with E-state index in [9.17, 15) is 9.59 Å². The summed E-state index contributed by atoms with van der Waals surface area (Å²) < 4.78 is 19.4. The molecule has 8 nitrogen and oxygen atoms in total. The van der Waals surface area contributed by atoms with E-state index in [0.29, 0.717) is 22.9 Å². The van der Waals surface area contributed by atoms with Gasteiger partial charge in [0.15, 0.2) is 11.5 Å². The van der Waals surface area contributed by atoms with Gasteiger partial charge in [-0.3, -0.25) is 5.43 Å². The maximum absolute atomic E-state index is 11.6. The van der Waals surface area contributed by atoms with E-state index in [1.165, 1.54) is 27.4 Å². The minimum atomic E-state index is -0.803. The van der Waals surface area contributed by atoms with Gasteiger partial charge in [-0.15, -0.1) is 0 Å². The monoisotopic (exact) mass is 336 g/mol. The number of hydrazone groups is 1. The molecule has 0 saturated carbocycles. The van der Waals surface area contributed by atoms with Gasteiger partial charge in [0.1, 0.15) is 5.57 Å². The number of carbonyl (C=O) groups excluding carboxylic acids is 2. The van der Waals surface area contributed by atoms with Gasteiger partial charge in [0.05, 0.1) is 39.8 Å². The van der Waals surface area contributed by atoms with Gasteiger partial charge in [0.2, 0.25) is 0 Å². The molecule has 0 radical (unpaired) electrons. The first-order valence-corrected chi connectivity index (χ1v) is 6.87. The minimum absolute atomic E-state index is 0.254. The second kappa shape index (κ2) is 9.19. The number of hydrogen-bond acceptors (Lipinski definition) is 8. The van der Waals surface area contributed by atoms with Crippen molar-refractivity contribution in [2.45, 2.75) is 6.92 Å². The standard InChI is InChI=1S/C16H20N2O6/c1-10(8-12(15(19)23-4)16(20)24-5)17-18-11-6-7-13(21-2)14(9-11)22-3/h6-9,18H,1-5H3. The molecule has 0 heterocycles. The zero-order valence-electron chi connectivity index (χ0n) is 14.2. The van der Waals surface area contributed by atoms with Gasteiger partial charge in [-0.05, 0) is 25.1 Å². The molecule has 1 N–H and O–H groups in total. The Balaban J connectivity index is 2.98. The van der Waals surface area contributed by atoms with E-state index in [0.717, 1.165) is 0 Å². The summed E-state index contributed by atoms with van der Waals surface area (Å²) in [5.41, 5.74) is 3.55. The number of carbonyl (C=O) groups is 2. The van der Waals surface area contributed by atoms with Crippen LogP contribution in [-0.4, -0.2) is 46.1 Å². The lowest BCUT2D eigenvalue weighted by Crippen LogP contribution is -2.17. The van der Waals surface area contributed by atoms with E-state index in [-0.39, 0.29) is 5.57 Å². The first-order chi connectivity index (χ1) is 11.5. The van der Waals surface area contributed by atoms with Crippen molar-refractivity contribution < 1.29 is 28.5 Å². The smallest absolute Gasteiger partial charge is 0.345 e. The molecule has 1 aromatic carbocycles. The molecule has 0 aliphatic heterocycles. The number of esters is 2. The van der Waals surface area contributed by atoms with Crippen LogP contribution in [0.15, 0.2) is 34.9 Å². The van der Waals surface area contributed by atoms with Crippen LogP contribution in [0.4, 0.5) is 5.69 Å². The summed E-state index contributed by atoms with van der Waals surface area (Å²) >= 11 is 0. The van der Waals surface area contributed by atoms with Gasteiger partial charge in [0.25, 0.3) is 0 Å². The summed E-state index contributed by atoms with van der Waals surface area (Å²) in [6.07, 6.45) is 1.27. The fourth-order valence-electron chi connectivity index (χ4n) is 1.72. The molecular formula is C16H20N2O6. The van der Waals surface area contributed by atoms with Gasteiger partial charge >= 0.3 is 11.9 Å². The van der Waals surface area contributed by atoms with Crippen molar-refractivity contribution in [2.24, 2.45) is 5.10 Å². The molecule has 0 aliphatic carbocycles. The second-order valence-electron chi connectivity index (χ2n) is 4.48. The molecule has 0 aliphatic rings. The zero-order chi connectivity index (χ0) is 18.1. The second-order valence-corrected chi connectivity index (χ2v) is 4.48. The molecule has 0 spiro atoms. The van der Waals surface area contributed by atoms with Crippen LogP contribution in [0.2, 0.25) is 0 Å². The number of ether oxygens (including phenoxy) is 4. The highest BCUT2D eigenvalue weighted by Crippen LogP contribution is 2.29. The molecule has 0 aromatic heterocycles. The third kappa shape index (κ3) is 5.01. The average molecular weight is 336 g/mol. The Bertz CT molecular complexity index is 649. The fraction of sp³-hybridized carbons (Fsp3) is 0.312. The fourth-order valence-corrected chi connectivity index (χ4v) is 1.72. The maximum Gasteiger partial charge on any atom is 0.345 e. The van der Waals surface area contributed by atoms with Gasteiger partial charge in [-0.1, -0.05) is 0 Å². The Morgan fingerprint density at radius 3 is 2.08 bits per heavy atom. The number of nitrogens with zero attached hydrogens (tertiary/aromatic N) is 1. The van der Waals surface area contributed by atoms with Crippen molar-refractivity contribution in [3.05, 3.63) is 29.8 Å². The number of allylic oxidation sites excluding steroid dienone is 1. The topological polar surface area (TPSA) is 95.5 Å². The molecule has 130 valence electrons. The predicted octanol–water partition coefficient (Wildman–Crippen LogP) is 1.76. The van der Waals surface area contributed by atoms with Crippen molar-refractivity contribution in [1.29, 1.82) is 0 Å². The molecule has 0 fully saturated rings. The van der Waals surface area contributed by atoms with Crippen molar-refractivity contribution in [1.82, 2.24) is 0 Å². The van der Waals surface area contributed by atoms with Crippen LogP contribution < -0.4 is 14.9 Å². The minimum Gasteiger partial charge on any atom is -0.493 e. The number of anilines is 1. The van der Waals surface area contributed by atoms with E-state index in [1.807, 2.05) is 0 Å². The molecule has 0 unspecified atom stereocenters. The van der Waals surface area contributed by atoms with E-state index in [1.54, 1.807) is 32.2 Å². The average Bonchev–Trinajstić information content (AvgIpc) is 2.62. The highest BCUT2D eigenvalue weighted by molar-refractivity contribution is 6.18. The molecular weight excluding hydrogens is 316 g/mol. The third-order valence-corrected chi connectivity index (χ3v) is 2.91. The summed E-state index contributed by atoms with van der Waals surface area (Å²) in [6.45, 7) is 1.61. The van der Waals surface area contributed by atoms with Gasteiger partial charge in [-0.25, -0.2) is 9.59 Å². The molecule has 0 saturated heterocycles. The lowest BCUT2D eigenvalue weighted by molar-refractivity contribution is -0.144. The van der Waals surface area contributed by atoms with Crippen LogP contribution in [0, 0.1) is 0 Å². The van der Waals surface area contributed by atoms with Crippen LogP contribution in [0.3, 0.4) is 0 Å². The van der Waals surface area contributed by atoms with E-state index >= 15 is 0 Å². The lowest BCUT2D eigenvalue weighted by Gasteiger charge is -2.09. The Morgan fingerprint density at radius 1 is 1.00 bits per heavy atom. The zero-order valence-corrected chi connectivity index (χ0v) is 14.2. The molecule has 1 aromatic rings. The predicted molar refractivity (Wildman–Crippen MR) is 88.4 cm³/mol. The van der Waals surface area contributed by atoms with Crippen LogP contribution in [0.1, 0.15) is 6.92 Å². The quantitative estimate of drug-likeness (QED) is 0.202. The van der Waals surface area contributed by atoms with Crippen molar-refractivity contribution >= 4 is 23.3 Å². The van der Waals surface area contributed by atoms with E-state index < -0.39 is 11.9 Å². The van der Waals surface area contributed by atoms with Crippen LogP contribution in [0.5, 0.6) is 11.5 Å². The first kappa shape index (κ1) is 19.0. The van der Waals surface area contributed by atoms with Crippen LogP contribution in [-0.2, 0) is 19.1 Å². The summed E-state index contributed by atoms with van der Waals surface area (Å²) in [5, 5.41) is 4.08. The molecule has 0 bridgehead atoms. The largest absolute Gasteiger partial charge is 0.493 e. The SMILES string of the molecule is COC(=O)C(=CC(C)=NNc1ccc(OC)c(OC)c1)C(=O)OC. The van der Waals surface area contributed by atoms with Crippen LogP contribution >= 0.6 is 0 Å². The summed E-state index contributed by atoms with van der Waals surface area (Å²) in [7, 11) is 5.41. The number of benzene rings is 1. The summed E-state index contributed by atoms with van der Waals surface area (Å²) in [5.74, 6) is -0.483. The number of rotatable bonds is 7. The normalized spacial score (nSPS) is 10.5. The van der Waals surface area contributed by atoms with Crippen LogP contribution in [0.25, 0.3) is 0 Å². The van der Waals surface area contributed by atoms with Gasteiger partial charge in [0, 0.05) is 6.07 Å². The number of methoxy groups -OCH3 is 4. The third-order valence-electron chi connectivity index (χ3n) is 2.91. The lowest BCUT2D eigenvalue weighted by atomic mass is 10.2. The summed E-state index contributed by atoms with van der Waals surface area (Å²) in [6, 6.07) is 5.15. The van der Waals surface area contributed by atoms with E-state index in [4.69, 9.17) is 9.47 Å². The molecule has 1 rings (SSSR count). The highest BCUT2D eigenvalue weighted by Gasteiger charge is 2.19. The Hall–Kier alpha value is -3.03. The van der Waals surface area contributed by atoms with Gasteiger partial charge in [-0.2, -0.15) is 5.10 Å². The molecule has 24 heavy (non-hydrogen) atoms. The highest BCUT2D eigenvalue weighted by atomic mass is 16.5. The van der Waals surface area contributed by atoms with Crippen molar-refractivity contribution in [3.63, 3.8) is 0 Å².